The molecule has 1 atom stereocenters. The van der Waals surface area contributed by atoms with Gasteiger partial charge in [0.05, 0.1) is 5.75 Å². The molecule has 102 valence electrons. The largest absolute Gasteiger partial charge is 0.374 e. The topological polar surface area (TPSA) is 63.4 Å². The summed E-state index contributed by atoms with van der Waals surface area (Å²) in [5.41, 5.74) is 7.55. The average molecular weight is 291 g/mol. The molecule has 0 amide bonds. The summed E-state index contributed by atoms with van der Waals surface area (Å²) in [6.45, 7) is 2.31. The van der Waals surface area contributed by atoms with Crippen molar-refractivity contribution >= 4 is 27.1 Å². The van der Waals surface area contributed by atoms with Gasteiger partial charge in [-0.05, 0) is 24.6 Å². The van der Waals surface area contributed by atoms with E-state index >= 15 is 0 Å². The van der Waals surface area contributed by atoms with Gasteiger partial charge < -0.3 is 10.6 Å². The lowest BCUT2D eigenvalue weighted by Gasteiger charge is -2.20. The Hall–Kier alpha value is -0.780. The summed E-state index contributed by atoms with van der Waals surface area (Å²) in [4.78, 5) is 1.86. The van der Waals surface area contributed by atoms with Crippen LogP contribution in [0.4, 0.5) is 5.69 Å². The molecule has 0 fully saturated rings. The van der Waals surface area contributed by atoms with Gasteiger partial charge in [-0.25, -0.2) is 8.42 Å². The summed E-state index contributed by atoms with van der Waals surface area (Å²) in [5, 5.41) is 0.605. The lowest BCUT2D eigenvalue weighted by Crippen LogP contribution is -2.24. The molecule has 0 bridgehead atoms. The molecule has 0 aliphatic carbocycles. The Morgan fingerprint density at radius 2 is 2.06 bits per heavy atom. The third-order valence-corrected chi connectivity index (χ3v) is 3.96. The van der Waals surface area contributed by atoms with Crippen LogP contribution in [-0.4, -0.2) is 34.0 Å². The smallest absolute Gasteiger partial charge is 0.149 e. The van der Waals surface area contributed by atoms with Crippen LogP contribution in [0.5, 0.6) is 0 Å². The maximum Gasteiger partial charge on any atom is 0.149 e. The number of nitrogens with two attached hydrogens (primary N) is 1. The van der Waals surface area contributed by atoms with E-state index in [1.807, 2.05) is 37.1 Å². The Labute approximate surface area is 114 Å². The van der Waals surface area contributed by atoms with Crippen LogP contribution >= 0.6 is 11.6 Å². The van der Waals surface area contributed by atoms with Crippen LogP contribution < -0.4 is 10.6 Å². The molecule has 0 radical (unpaired) electrons. The molecule has 0 heterocycles. The zero-order chi connectivity index (χ0) is 13.9. The van der Waals surface area contributed by atoms with Gasteiger partial charge in [-0.3, -0.25) is 0 Å². The van der Waals surface area contributed by atoms with Crippen LogP contribution in [0, 0.1) is 0 Å². The van der Waals surface area contributed by atoms with Crippen molar-refractivity contribution in [1.29, 1.82) is 0 Å². The van der Waals surface area contributed by atoms with Crippen molar-refractivity contribution in [1.82, 2.24) is 0 Å². The van der Waals surface area contributed by atoms with Crippen LogP contribution in [-0.2, 0) is 9.84 Å². The van der Waals surface area contributed by atoms with Gasteiger partial charge in [-0.2, -0.15) is 0 Å². The van der Waals surface area contributed by atoms with E-state index in [0.29, 0.717) is 11.6 Å². The van der Waals surface area contributed by atoms with E-state index < -0.39 is 9.84 Å². The third-order valence-electron chi connectivity index (χ3n) is 2.71. The molecule has 1 rings (SSSR count). The SMILES string of the molecule is CC(N)c1ccc(N(C)CCS(C)(=O)=O)cc1Cl. The fourth-order valence-electron chi connectivity index (χ4n) is 1.55. The first kappa shape index (κ1) is 15.3. The first-order valence-electron chi connectivity index (χ1n) is 5.64. The second-order valence-electron chi connectivity index (χ2n) is 4.55. The third kappa shape index (κ3) is 4.48. The maximum absolute atomic E-state index is 11.1. The number of halogens is 1. The highest BCUT2D eigenvalue weighted by Crippen LogP contribution is 2.26. The lowest BCUT2D eigenvalue weighted by atomic mass is 10.1. The molecule has 2 N–H and O–H groups in total. The molecule has 18 heavy (non-hydrogen) atoms. The number of sulfone groups is 1. The van der Waals surface area contributed by atoms with Crippen LogP contribution in [0.2, 0.25) is 5.02 Å². The van der Waals surface area contributed by atoms with E-state index in [0.717, 1.165) is 11.3 Å². The lowest BCUT2D eigenvalue weighted by molar-refractivity contribution is 0.601. The second-order valence-corrected chi connectivity index (χ2v) is 7.21. The number of hydrogen-bond acceptors (Lipinski definition) is 4. The van der Waals surface area contributed by atoms with Crippen molar-refractivity contribution in [3.05, 3.63) is 28.8 Å². The van der Waals surface area contributed by atoms with Gasteiger partial charge in [0.15, 0.2) is 0 Å². The molecule has 1 aromatic carbocycles. The Morgan fingerprint density at radius 1 is 1.44 bits per heavy atom. The molecule has 0 saturated carbocycles. The average Bonchev–Trinajstić information content (AvgIpc) is 2.24. The fourth-order valence-corrected chi connectivity index (χ4v) is 2.51. The van der Waals surface area contributed by atoms with Crippen molar-refractivity contribution in [3.63, 3.8) is 0 Å². The molecule has 0 aliphatic rings. The molecule has 1 aromatic rings. The Morgan fingerprint density at radius 3 is 2.50 bits per heavy atom. The van der Waals surface area contributed by atoms with Crippen molar-refractivity contribution in [2.45, 2.75) is 13.0 Å². The molecule has 0 aliphatic heterocycles. The predicted molar refractivity (Wildman–Crippen MR) is 77.0 cm³/mol. The Bertz CT molecular complexity index is 515. The molecule has 0 spiro atoms. The van der Waals surface area contributed by atoms with E-state index in [2.05, 4.69) is 0 Å². The molecular weight excluding hydrogens is 272 g/mol. The van der Waals surface area contributed by atoms with E-state index in [9.17, 15) is 8.42 Å². The van der Waals surface area contributed by atoms with Crippen molar-refractivity contribution in [2.24, 2.45) is 5.73 Å². The van der Waals surface area contributed by atoms with E-state index in [-0.39, 0.29) is 11.8 Å². The monoisotopic (exact) mass is 290 g/mol. The fraction of sp³-hybridized carbons (Fsp3) is 0.500. The highest BCUT2D eigenvalue weighted by molar-refractivity contribution is 7.90. The van der Waals surface area contributed by atoms with Crippen LogP contribution in [0.25, 0.3) is 0 Å². The van der Waals surface area contributed by atoms with E-state index in [1.165, 1.54) is 6.26 Å². The number of hydrogen-bond donors (Lipinski definition) is 1. The number of nitrogens with zero attached hydrogens (tertiary/aromatic N) is 1. The first-order chi connectivity index (χ1) is 8.20. The number of rotatable bonds is 5. The molecule has 4 nitrogen and oxygen atoms in total. The van der Waals surface area contributed by atoms with Crippen LogP contribution in [0.1, 0.15) is 18.5 Å². The van der Waals surface area contributed by atoms with E-state index in [4.69, 9.17) is 17.3 Å². The molecule has 0 aromatic heterocycles. The Balaban J connectivity index is 2.81. The van der Waals surface area contributed by atoms with Crippen LogP contribution in [0.3, 0.4) is 0 Å². The van der Waals surface area contributed by atoms with Gasteiger partial charge in [-0.1, -0.05) is 17.7 Å². The highest BCUT2D eigenvalue weighted by atomic mass is 35.5. The van der Waals surface area contributed by atoms with E-state index in [1.54, 1.807) is 0 Å². The quantitative estimate of drug-likeness (QED) is 0.899. The maximum atomic E-state index is 11.1. The minimum atomic E-state index is -2.95. The van der Waals surface area contributed by atoms with Gasteiger partial charge in [-0.15, -0.1) is 0 Å². The van der Waals surface area contributed by atoms with Gasteiger partial charge in [0.2, 0.25) is 0 Å². The highest BCUT2D eigenvalue weighted by Gasteiger charge is 2.10. The molecule has 6 heteroatoms. The summed E-state index contributed by atoms with van der Waals surface area (Å²) in [6.07, 6.45) is 1.23. The van der Waals surface area contributed by atoms with Gasteiger partial charge in [0.25, 0.3) is 0 Å². The van der Waals surface area contributed by atoms with Crippen LogP contribution in [0.15, 0.2) is 18.2 Å². The van der Waals surface area contributed by atoms with Crippen molar-refractivity contribution in [3.8, 4) is 0 Å². The van der Waals surface area contributed by atoms with Gasteiger partial charge in [0, 0.05) is 36.6 Å². The van der Waals surface area contributed by atoms with Crippen molar-refractivity contribution in [2.75, 3.05) is 30.5 Å². The summed E-state index contributed by atoms with van der Waals surface area (Å²) in [6, 6.07) is 5.46. The Kier molecular flexibility index (Phi) is 5.01. The minimum absolute atomic E-state index is 0.118. The molecular formula is C12H19ClN2O2S. The standard InChI is InChI=1S/C12H19ClN2O2S/c1-9(14)11-5-4-10(8-12(11)13)15(2)6-7-18(3,16)17/h4-5,8-9H,6-7,14H2,1-3H3. The second kappa shape index (κ2) is 5.91. The molecule has 1 unspecified atom stereocenters. The number of anilines is 1. The zero-order valence-corrected chi connectivity index (χ0v) is 12.4. The van der Waals surface area contributed by atoms with Crippen molar-refractivity contribution < 1.29 is 8.42 Å². The predicted octanol–water partition coefficient (Wildman–Crippen LogP) is 1.84. The number of benzene rings is 1. The summed E-state index contributed by atoms with van der Waals surface area (Å²) in [5.74, 6) is 0.121. The summed E-state index contributed by atoms with van der Waals surface area (Å²) < 4.78 is 22.2. The first-order valence-corrected chi connectivity index (χ1v) is 8.08. The minimum Gasteiger partial charge on any atom is -0.374 e. The molecule has 0 saturated heterocycles. The normalized spacial score (nSPS) is 13.4. The summed E-state index contributed by atoms with van der Waals surface area (Å²) >= 11 is 6.13. The van der Waals surface area contributed by atoms with Gasteiger partial charge >= 0.3 is 0 Å². The van der Waals surface area contributed by atoms with Gasteiger partial charge in [0.1, 0.15) is 9.84 Å². The summed E-state index contributed by atoms with van der Waals surface area (Å²) in [7, 11) is -1.12. The zero-order valence-electron chi connectivity index (χ0n) is 10.9.